The minimum absolute atomic E-state index is 0.00858. The standard InChI is InChI=1S/C36H68O4/c1-3-5-7-9-11-12-13-14-15-16-17-18-19-20-25-29-33-36(39)40-34(30-26-22-10-8-6-4-2)31-27-23-21-24-28-32-35(37)38/h15-16,34H,3-14,17-33H2,1-2H3,(H,37,38)/b16-15-. The van der Waals surface area contributed by atoms with Gasteiger partial charge in [-0.3, -0.25) is 9.59 Å². The van der Waals surface area contributed by atoms with Crippen molar-refractivity contribution in [1.29, 1.82) is 0 Å². The molecular formula is C36H68O4. The average Bonchev–Trinajstić information content (AvgIpc) is 2.93. The Labute approximate surface area is 249 Å². The number of carbonyl (C=O) groups is 2. The van der Waals surface area contributed by atoms with Crippen molar-refractivity contribution >= 4 is 11.9 Å². The van der Waals surface area contributed by atoms with Gasteiger partial charge in [-0.15, -0.1) is 0 Å². The van der Waals surface area contributed by atoms with Crippen molar-refractivity contribution in [3.8, 4) is 0 Å². The van der Waals surface area contributed by atoms with Crippen LogP contribution in [0.3, 0.4) is 0 Å². The zero-order valence-corrected chi connectivity index (χ0v) is 26.9. The van der Waals surface area contributed by atoms with Gasteiger partial charge in [0.2, 0.25) is 0 Å². The summed E-state index contributed by atoms with van der Waals surface area (Å²) in [5.41, 5.74) is 0. The molecule has 0 saturated carbocycles. The van der Waals surface area contributed by atoms with Gasteiger partial charge in [0, 0.05) is 12.8 Å². The Morgan fingerprint density at radius 3 is 1.35 bits per heavy atom. The van der Waals surface area contributed by atoms with Crippen molar-refractivity contribution in [3.63, 3.8) is 0 Å². The molecule has 236 valence electrons. The summed E-state index contributed by atoms with van der Waals surface area (Å²) < 4.78 is 5.94. The van der Waals surface area contributed by atoms with Crippen LogP contribution in [0.5, 0.6) is 0 Å². The average molecular weight is 565 g/mol. The third-order valence-corrected chi connectivity index (χ3v) is 7.99. The summed E-state index contributed by atoms with van der Waals surface area (Å²) in [6.45, 7) is 4.52. The van der Waals surface area contributed by atoms with Crippen molar-refractivity contribution < 1.29 is 19.4 Å². The van der Waals surface area contributed by atoms with Gasteiger partial charge in [0.05, 0.1) is 0 Å². The number of carbonyl (C=O) groups excluding carboxylic acids is 1. The van der Waals surface area contributed by atoms with Crippen LogP contribution in [-0.4, -0.2) is 23.1 Å². The summed E-state index contributed by atoms with van der Waals surface area (Å²) in [6, 6.07) is 0. The number of esters is 1. The summed E-state index contributed by atoms with van der Waals surface area (Å²) in [5.74, 6) is -0.710. The minimum atomic E-state index is -0.701. The van der Waals surface area contributed by atoms with Crippen molar-refractivity contribution in [2.75, 3.05) is 0 Å². The number of unbranched alkanes of at least 4 members (excludes halogenated alkanes) is 21. The topological polar surface area (TPSA) is 63.6 Å². The maximum atomic E-state index is 12.5. The van der Waals surface area contributed by atoms with E-state index in [0.717, 1.165) is 64.2 Å². The van der Waals surface area contributed by atoms with E-state index < -0.39 is 5.97 Å². The Balaban J connectivity index is 3.89. The van der Waals surface area contributed by atoms with E-state index in [4.69, 9.17) is 9.84 Å². The molecule has 0 aromatic rings. The van der Waals surface area contributed by atoms with E-state index in [1.807, 2.05) is 0 Å². The van der Waals surface area contributed by atoms with Crippen LogP contribution in [0.4, 0.5) is 0 Å². The van der Waals surface area contributed by atoms with Gasteiger partial charge in [-0.25, -0.2) is 0 Å². The van der Waals surface area contributed by atoms with Gasteiger partial charge < -0.3 is 9.84 Å². The molecule has 0 radical (unpaired) electrons. The van der Waals surface area contributed by atoms with Crippen LogP contribution in [0, 0.1) is 0 Å². The summed E-state index contributed by atoms with van der Waals surface area (Å²) in [4.78, 5) is 23.2. The molecule has 1 atom stereocenters. The Bertz CT molecular complexity index is 571. The van der Waals surface area contributed by atoms with E-state index in [2.05, 4.69) is 26.0 Å². The molecule has 0 heterocycles. The van der Waals surface area contributed by atoms with E-state index in [9.17, 15) is 9.59 Å². The van der Waals surface area contributed by atoms with Gasteiger partial charge in [0.15, 0.2) is 0 Å². The van der Waals surface area contributed by atoms with Crippen LogP contribution in [-0.2, 0) is 14.3 Å². The summed E-state index contributed by atoms with van der Waals surface area (Å²) in [6.07, 6.45) is 38.0. The SMILES string of the molecule is CCCCCCCCC/C=C\CCCCCCCC(=O)OC(CCCCCCCC)CCCCCCCC(=O)O. The monoisotopic (exact) mass is 565 g/mol. The molecule has 1 N–H and O–H groups in total. The van der Waals surface area contributed by atoms with Gasteiger partial charge in [0.25, 0.3) is 0 Å². The Hall–Kier alpha value is -1.32. The molecule has 0 rings (SSSR count). The fourth-order valence-corrected chi connectivity index (χ4v) is 5.35. The van der Waals surface area contributed by atoms with Crippen LogP contribution in [0.2, 0.25) is 0 Å². The van der Waals surface area contributed by atoms with E-state index >= 15 is 0 Å². The molecule has 1 unspecified atom stereocenters. The smallest absolute Gasteiger partial charge is 0.306 e. The predicted octanol–water partition coefficient (Wildman–Crippen LogP) is 11.9. The molecule has 0 aliphatic carbocycles. The van der Waals surface area contributed by atoms with Crippen molar-refractivity contribution in [1.82, 2.24) is 0 Å². The van der Waals surface area contributed by atoms with Crippen molar-refractivity contribution in [2.24, 2.45) is 0 Å². The molecule has 0 aromatic heterocycles. The van der Waals surface area contributed by atoms with Crippen LogP contribution < -0.4 is 0 Å². The third-order valence-electron chi connectivity index (χ3n) is 7.99. The highest BCUT2D eigenvalue weighted by molar-refractivity contribution is 5.69. The van der Waals surface area contributed by atoms with Gasteiger partial charge >= 0.3 is 11.9 Å². The van der Waals surface area contributed by atoms with Crippen LogP contribution in [0.1, 0.15) is 200 Å². The minimum Gasteiger partial charge on any atom is -0.481 e. The highest BCUT2D eigenvalue weighted by atomic mass is 16.5. The number of ether oxygens (including phenoxy) is 1. The molecule has 4 nitrogen and oxygen atoms in total. The Morgan fingerprint density at radius 2 is 0.900 bits per heavy atom. The Kier molecular flexibility index (Phi) is 31.1. The van der Waals surface area contributed by atoms with Crippen LogP contribution >= 0.6 is 0 Å². The highest BCUT2D eigenvalue weighted by Crippen LogP contribution is 2.18. The first-order valence-electron chi connectivity index (χ1n) is 17.7. The van der Waals surface area contributed by atoms with E-state index in [1.165, 1.54) is 109 Å². The van der Waals surface area contributed by atoms with Crippen LogP contribution in [0.15, 0.2) is 12.2 Å². The lowest BCUT2D eigenvalue weighted by atomic mass is 10.0. The van der Waals surface area contributed by atoms with E-state index in [0.29, 0.717) is 6.42 Å². The molecule has 0 saturated heterocycles. The molecule has 0 spiro atoms. The quantitative estimate of drug-likeness (QED) is 0.0501. The number of aliphatic carboxylic acids is 1. The molecule has 0 fully saturated rings. The second-order valence-corrected chi connectivity index (χ2v) is 12.1. The number of hydrogen-bond acceptors (Lipinski definition) is 3. The normalized spacial score (nSPS) is 12.2. The lowest BCUT2D eigenvalue weighted by Gasteiger charge is -2.18. The number of rotatable bonds is 32. The van der Waals surface area contributed by atoms with Crippen molar-refractivity contribution in [2.45, 2.75) is 206 Å². The second-order valence-electron chi connectivity index (χ2n) is 12.1. The summed E-state index contributed by atoms with van der Waals surface area (Å²) >= 11 is 0. The summed E-state index contributed by atoms with van der Waals surface area (Å²) in [5, 5.41) is 8.76. The largest absolute Gasteiger partial charge is 0.481 e. The number of carboxylic acid groups (broad SMARTS) is 1. The molecule has 0 aliphatic heterocycles. The first kappa shape index (κ1) is 38.7. The first-order chi connectivity index (χ1) is 19.6. The maximum absolute atomic E-state index is 12.5. The molecular weight excluding hydrogens is 496 g/mol. The lowest BCUT2D eigenvalue weighted by molar-refractivity contribution is -0.150. The molecule has 0 aromatic carbocycles. The van der Waals surface area contributed by atoms with Crippen LogP contribution in [0.25, 0.3) is 0 Å². The molecule has 40 heavy (non-hydrogen) atoms. The zero-order valence-electron chi connectivity index (χ0n) is 26.9. The van der Waals surface area contributed by atoms with E-state index in [1.54, 1.807) is 0 Å². The molecule has 0 amide bonds. The lowest BCUT2D eigenvalue weighted by Crippen LogP contribution is -2.18. The fraction of sp³-hybridized carbons (Fsp3) is 0.889. The van der Waals surface area contributed by atoms with Gasteiger partial charge in [-0.1, -0.05) is 135 Å². The fourth-order valence-electron chi connectivity index (χ4n) is 5.35. The summed E-state index contributed by atoms with van der Waals surface area (Å²) in [7, 11) is 0. The number of allylic oxidation sites excluding steroid dienone is 2. The van der Waals surface area contributed by atoms with Gasteiger partial charge in [-0.05, 0) is 64.2 Å². The number of carboxylic acids is 1. The second kappa shape index (κ2) is 32.2. The maximum Gasteiger partial charge on any atom is 0.306 e. The Morgan fingerprint density at radius 1 is 0.525 bits per heavy atom. The van der Waals surface area contributed by atoms with Crippen molar-refractivity contribution in [3.05, 3.63) is 12.2 Å². The zero-order chi connectivity index (χ0) is 29.4. The van der Waals surface area contributed by atoms with Gasteiger partial charge in [-0.2, -0.15) is 0 Å². The highest BCUT2D eigenvalue weighted by Gasteiger charge is 2.14. The molecule has 4 heteroatoms. The van der Waals surface area contributed by atoms with E-state index in [-0.39, 0.29) is 18.5 Å². The predicted molar refractivity (Wildman–Crippen MR) is 172 cm³/mol. The molecule has 0 bridgehead atoms. The molecule has 0 aliphatic rings. The number of hydrogen-bond donors (Lipinski definition) is 1. The first-order valence-corrected chi connectivity index (χ1v) is 17.7. The van der Waals surface area contributed by atoms with Gasteiger partial charge in [0.1, 0.15) is 6.10 Å². The third kappa shape index (κ3) is 31.2.